The molecule has 2 N–H and O–H groups in total. The Bertz CT molecular complexity index is 1060. The van der Waals surface area contributed by atoms with E-state index in [1.807, 2.05) is 48.5 Å². The van der Waals surface area contributed by atoms with Gasteiger partial charge in [0.1, 0.15) is 6.26 Å². The second-order valence-corrected chi connectivity index (χ2v) is 7.84. The fourth-order valence-corrected chi connectivity index (χ4v) is 3.22. The van der Waals surface area contributed by atoms with Gasteiger partial charge >= 0.3 is 0 Å². The van der Waals surface area contributed by atoms with Gasteiger partial charge in [0.2, 0.25) is 5.89 Å². The number of benzene rings is 2. The van der Waals surface area contributed by atoms with Crippen LogP contribution in [0.1, 0.15) is 27.2 Å². The molecule has 7 nitrogen and oxygen atoms in total. The van der Waals surface area contributed by atoms with E-state index in [2.05, 4.69) is 27.5 Å². The van der Waals surface area contributed by atoms with Crippen molar-refractivity contribution in [3.8, 4) is 11.5 Å². The summed E-state index contributed by atoms with van der Waals surface area (Å²) in [5.41, 5.74) is 4.88. The summed E-state index contributed by atoms with van der Waals surface area (Å²) in [4.78, 5) is 22.6. The number of rotatable bonds is 8. The van der Waals surface area contributed by atoms with E-state index in [9.17, 15) is 4.79 Å². The Morgan fingerprint density at radius 2 is 1.76 bits per heavy atom. The molecule has 3 rings (SSSR count). The average Bonchev–Trinajstić information content (AvgIpc) is 3.27. The van der Waals surface area contributed by atoms with Gasteiger partial charge in [-0.05, 0) is 43.2 Å². The van der Waals surface area contributed by atoms with Gasteiger partial charge in [-0.15, -0.1) is 24.0 Å². The van der Waals surface area contributed by atoms with Gasteiger partial charge in [-0.3, -0.25) is 9.79 Å². The molecule has 2 aromatic carbocycles. The third kappa shape index (κ3) is 7.88. The summed E-state index contributed by atoms with van der Waals surface area (Å²) in [5, 5.41) is 6.61. The van der Waals surface area contributed by atoms with E-state index >= 15 is 0 Å². The largest absolute Gasteiger partial charge is 0.444 e. The lowest BCUT2D eigenvalue weighted by atomic mass is 10.1. The average molecular weight is 561 g/mol. The molecule has 0 bridgehead atoms. The number of hydrogen-bond acceptors (Lipinski definition) is 4. The molecule has 0 aliphatic heterocycles. The minimum atomic E-state index is 0. The standard InChI is InChI=1S/C25H31N5O2.HI/c1-18-8-10-20(11-9-18)23-29-22(17-32-23)13-15-28-25(26-2)27-14-12-19-6-5-7-21(16-19)24(31)30(3)4;/h5-11,16-17H,12-15H2,1-4H3,(H2,26,27,28);1H. The van der Waals surface area contributed by atoms with Crippen LogP contribution in [0.3, 0.4) is 0 Å². The summed E-state index contributed by atoms with van der Waals surface area (Å²) in [7, 11) is 5.26. The van der Waals surface area contributed by atoms with Gasteiger partial charge < -0.3 is 20.0 Å². The third-order valence-electron chi connectivity index (χ3n) is 5.03. The molecule has 1 heterocycles. The SMILES string of the molecule is CN=C(NCCc1cccc(C(=O)N(C)C)c1)NCCc1coc(-c2ccc(C)cc2)n1.I. The van der Waals surface area contributed by atoms with Crippen molar-refractivity contribution in [2.45, 2.75) is 19.8 Å². The molecule has 33 heavy (non-hydrogen) atoms. The van der Waals surface area contributed by atoms with Crippen molar-refractivity contribution < 1.29 is 9.21 Å². The molecule has 0 spiro atoms. The Balaban J connectivity index is 0.00000385. The molecule has 1 aromatic heterocycles. The number of aliphatic imine (C=N–C) groups is 1. The molecule has 0 aliphatic carbocycles. The number of nitrogens with zero attached hydrogens (tertiary/aromatic N) is 3. The molecule has 0 radical (unpaired) electrons. The number of halogens is 1. The second-order valence-electron chi connectivity index (χ2n) is 7.84. The monoisotopic (exact) mass is 561 g/mol. The lowest BCUT2D eigenvalue weighted by Gasteiger charge is -2.13. The summed E-state index contributed by atoms with van der Waals surface area (Å²) >= 11 is 0. The van der Waals surface area contributed by atoms with Crippen molar-refractivity contribution in [3.63, 3.8) is 0 Å². The number of amides is 1. The number of oxazole rings is 1. The zero-order valence-electron chi connectivity index (χ0n) is 19.6. The van der Waals surface area contributed by atoms with Crippen molar-refractivity contribution in [1.29, 1.82) is 0 Å². The van der Waals surface area contributed by atoms with Crippen molar-refractivity contribution >= 4 is 35.8 Å². The molecule has 0 aliphatic rings. The van der Waals surface area contributed by atoms with Gasteiger partial charge in [0.15, 0.2) is 5.96 Å². The van der Waals surface area contributed by atoms with Gasteiger partial charge in [0, 0.05) is 51.8 Å². The highest BCUT2D eigenvalue weighted by atomic mass is 127. The Morgan fingerprint density at radius 3 is 2.42 bits per heavy atom. The highest BCUT2D eigenvalue weighted by molar-refractivity contribution is 14.0. The topological polar surface area (TPSA) is 82.8 Å². The summed E-state index contributed by atoms with van der Waals surface area (Å²) in [5.74, 6) is 1.38. The number of guanidine groups is 1. The Hall–Kier alpha value is -2.88. The summed E-state index contributed by atoms with van der Waals surface area (Å²) in [6.45, 7) is 3.45. The van der Waals surface area contributed by atoms with Crippen LogP contribution in [0, 0.1) is 6.92 Å². The third-order valence-corrected chi connectivity index (χ3v) is 5.03. The van der Waals surface area contributed by atoms with Crippen LogP contribution in [0.25, 0.3) is 11.5 Å². The number of carbonyl (C=O) groups excluding carboxylic acids is 1. The molecule has 8 heteroatoms. The maximum absolute atomic E-state index is 12.1. The van der Waals surface area contributed by atoms with Crippen LogP contribution in [-0.4, -0.2) is 56.0 Å². The Kier molecular flexibility index (Phi) is 10.4. The van der Waals surface area contributed by atoms with Crippen molar-refractivity contribution in [2.75, 3.05) is 34.2 Å². The van der Waals surface area contributed by atoms with E-state index in [4.69, 9.17) is 4.42 Å². The molecular weight excluding hydrogens is 529 g/mol. The maximum Gasteiger partial charge on any atom is 0.253 e. The first-order valence-corrected chi connectivity index (χ1v) is 10.7. The number of aromatic nitrogens is 1. The predicted octanol–water partition coefficient (Wildman–Crippen LogP) is 3.92. The number of nitrogens with one attached hydrogen (secondary N) is 2. The molecule has 0 unspecified atom stereocenters. The quantitative estimate of drug-likeness (QED) is 0.248. The number of aryl methyl sites for hydroxylation is 1. The van der Waals surface area contributed by atoms with Gasteiger partial charge in [0.05, 0.1) is 5.69 Å². The van der Waals surface area contributed by atoms with E-state index in [1.54, 1.807) is 32.3 Å². The fraction of sp³-hybridized carbons (Fsp3) is 0.320. The molecule has 0 fully saturated rings. The number of carbonyl (C=O) groups is 1. The maximum atomic E-state index is 12.1. The molecule has 1 amide bonds. The Labute approximate surface area is 212 Å². The van der Waals surface area contributed by atoms with Crippen LogP contribution in [0.5, 0.6) is 0 Å². The minimum Gasteiger partial charge on any atom is -0.444 e. The fourth-order valence-electron chi connectivity index (χ4n) is 3.22. The predicted molar refractivity (Wildman–Crippen MR) is 143 cm³/mol. The smallest absolute Gasteiger partial charge is 0.253 e. The lowest BCUT2D eigenvalue weighted by molar-refractivity contribution is 0.0827. The van der Waals surface area contributed by atoms with Crippen molar-refractivity contribution in [3.05, 3.63) is 77.2 Å². The normalized spacial score (nSPS) is 11.0. The van der Waals surface area contributed by atoms with Gasteiger partial charge in [-0.1, -0.05) is 29.8 Å². The van der Waals surface area contributed by atoms with Crippen LogP contribution in [0.2, 0.25) is 0 Å². The Morgan fingerprint density at radius 1 is 1.06 bits per heavy atom. The number of hydrogen-bond donors (Lipinski definition) is 2. The summed E-state index contributed by atoms with van der Waals surface area (Å²) in [6, 6.07) is 15.9. The van der Waals surface area contributed by atoms with Crippen LogP contribution in [-0.2, 0) is 12.8 Å². The van der Waals surface area contributed by atoms with Crippen LogP contribution >= 0.6 is 24.0 Å². The zero-order valence-corrected chi connectivity index (χ0v) is 21.9. The van der Waals surface area contributed by atoms with Crippen molar-refractivity contribution in [2.24, 2.45) is 4.99 Å². The zero-order chi connectivity index (χ0) is 22.9. The van der Waals surface area contributed by atoms with E-state index in [-0.39, 0.29) is 29.9 Å². The first-order valence-electron chi connectivity index (χ1n) is 10.7. The molecule has 0 saturated heterocycles. The second kappa shape index (κ2) is 13.0. The van der Waals surface area contributed by atoms with Gasteiger partial charge in [0.25, 0.3) is 5.91 Å². The molecule has 176 valence electrons. The molecular formula is C25H32IN5O2. The minimum absolute atomic E-state index is 0. The summed E-state index contributed by atoms with van der Waals surface area (Å²) < 4.78 is 5.62. The summed E-state index contributed by atoms with van der Waals surface area (Å²) in [6.07, 6.45) is 3.22. The highest BCUT2D eigenvalue weighted by Gasteiger charge is 2.09. The van der Waals surface area contributed by atoms with Crippen molar-refractivity contribution in [1.82, 2.24) is 20.5 Å². The van der Waals surface area contributed by atoms with Crippen LogP contribution in [0.15, 0.2) is 64.2 Å². The molecule has 0 saturated carbocycles. The first-order chi connectivity index (χ1) is 15.5. The van der Waals surface area contributed by atoms with Crippen LogP contribution in [0.4, 0.5) is 0 Å². The molecule has 3 aromatic rings. The van der Waals surface area contributed by atoms with E-state index in [1.165, 1.54) is 5.56 Å². The van der Waals surface area contributed by atoms with E-state index in [0.29, 0.717) is 24.5 Å². The lowest BCUT2D eigenvalue weighted by Crippen LogP contribution is -2.39. The van der Waals surface area contributed by atoms with E-state index < -0.39 is 0 Å². The molecule has 0 atom stereocenters. The van der Waals surface area contributed by atoms with E-state index in [0.717, 1.165) is 35.6 Å². The highest BCUT2D eigenvalue weighted by Crippen LogP contribution is 2.19. The first kappa shape index (κ1) is 26.4. The van der Waals surface area contributed by atoms with Crippen LogP contribution < -0.4 is 10.6 Å². The van der Waals surface area contributed by atoms with Gasteiger partial charge in [-0.25, -0.2) is 4.98 Å². The van der Waals surface area contributed by atoms with Gasteiger partial charge in [-0.2, -0.15) is 0 Å².